The number of imide groups is 1. The fourth-order valence-corrected chi connectivity index (χ4v) is 1.94. The van der Waals surface area contributed by atoms with Gasteiger partial charge in [0.25, 0.3) is 11.8 Å². The number of carbonyl (C=O) groups excluding carboxylic acids is 3. The summed E-state index contributed by atoms with van der Waals surface area (Å²) >= 11 is 0. The Balaban J connectivity index is 2.24. The van der Waals surface area contributed by atoms with Crippen molar-refractivity contribution in [1.29, 1.82) is 0 Å². The lowest BCUT2D eigenvalue weighted by molar-refractivity contribution is -0.137. The van der Waals surface area contributed by atoms with Crippen LogP contribution in [-0.4, -0.2) is 48.1 Å². The summed E-state index contributed by atoms with van der Waals surface area (Å²) in [5, 5.41) is 11.6. The van der Waals surface area contributed by atoms with Gasteiger partial charge in [-0.3, -0.25) is 14.5 Å². The lowest BCUT2D eigenvalue weighted by Gasteiger charge is -2.14. The molecule has 2 rings (SSSR count). The van der Waals surface area contributed by atoms with Crippen molar-refractivity contribution in [3.05, 3.63) is 41.6 Å². The second-order valence-electron chi connectivity index (χ2n) is 4.24. The maximum absolute atomic E-state index is 12.0. The molecule has 1 aromatic rings. The number of hydrogen-bond donors (Lipinski definition) is 2. The second-order valence-corrected chi connectivity index (χ2v) is 4.24. The molecule has 2 amide bonds. The minimum Gasteiger partial charge on any atom is -0.465 e. The van der Waals surface area contributed by atoms with Crippen molar-refractivity contribution in [3.8, 4) is 0 Å². The first-order valence-electron chi connectivity index (χ1n) is 6.21. The molecule has 1 aliphatic rings. The Hall–Kier alpha value is -2.67. The molecule has 0 radical (unpaired) electrons. The van der Waals surface area contributed by atoms with Crippen molar-refractivity contribution >= 4 is 23.5 Å². The molecule has 0 spiro atoms. The van der Waals surface area contributed by atoms with Crippen LogP contribution >= 0.6 is 0 Å². The van der Waals surface area contributed by atoms with E-state index in [1.807, 2.05) is 0 Å². The van der Waals surface area contributed by atoms with Crippen LogP contribution < -0.4 is 5.32 Å². The van der Waals surface area contributed by atoms with Crippen molar-refractivity contribution in [1.82, 2.24) is 4.90 Å². The molecule has 0 bridgehead atoms. The van der Waals surface area contributed by atoms with Gasteiger partial charge in [-0.1, -0.05) is 12.1 Å². The van der Waals surface area contributed by atoms with Gasteiger partial charge in [0, 0.05) is 6.08 Å². The second kappa shape index (κ2) is 6.19. The number of esters is 1. The zero-order valence-electron chi connectivity index (χ0n) is 11.3. The number of anilines is 1. The van der Waals surface area contributed by atoms with Crippen LogP contribution in [0.1, 0.15) is 10.4 Å². The number of aliphatic hydroxyl groups is 1. The van der Waals surface area contributed by atoms with Crippen LogP contribution in [0.4, 0.5) is 5.69 Å². The molecule has 1 heterocycles. The van der Waals surface area contributed by atoms with Crippen LogP contribution in [-0.2, 0) is 14.3 Å². The molecule has 110 valence electrons. The molecule has 0 saturated carbocycles. The Labute approximate surface area is 120 Å². The predicted octanol–water partition coefficient (Wildman–Crippen LogP) is 0.130. The van der Waals surface area contributed by atoms with E-state index < -0.39 is 17.8 Å². The molecule has 7 nitrogen and oxygen atoms in total. The summed E-state index contributed by atoms with van der Waals surface area (Å²) in [5.41, 5.74) is 0.661. The Morgan fingerprint density at radius 2 is 2.05 bits per heavy atom. The normalized spacial score (nSPS) is 14.2. The van der Waals surface area contributed by atoms with Gasteiger partial charge >= 0.3 is 5.97 Å². The van der Waals surface area contributed by atoms with Gasteiger partial charge < -0.3 is 15.2 Å². The maximum atomic E-state index is 12.0. The molecule has 21 heavy (non-hydrogen) atoms. The van der Waals surface area contributed by atoms with Crippen LogP contribution in [0.3, 0.4) is 0 Å². The average Bonchev–Trinajstić information content (AvgIpc) is 2.75. The van der Waals surface area contributed by atoms with Gasteiger partial charge in [-0.15, -0.1) is 0 Å². The molecule has 1 aromatic carbocycles. The highest BCUT2D eigenvalue weighted by Crippen LogP contribution is 2.21. The van der Waals surface area contributed by atoms with Crippen LogP contribution in [0.25, 0.3) is 0 Å². The number of nitrogens with zero attached hydrogens (tertiary/aromatic N) is 1. The minimum atomic E-state index is -0.553. The van der Waals surface area contributed by atoms with Crippen molar-refractivity contribution in [2.24, 2.45) is 0 Å². The summed E-state index contributed by atoms with van der Waals surface area (Å²) in [6, 6.07) is 6.48. The summed E-state index contributed by atoms with van der Waals surface area (Å²) in [6.07, 6.45) is 1.13. The number of amides is 2. The van der Waals surface area contributed by atoms with Crippen LogP contribution in [0.5, 0.6) is 0 Å². The van der Waals surface area contributed by atoms with Crippen molar-refractivity contribution in [2.45, 2.75) is 0 Å². The Kier molecular flexibility index (Phi) is 4.34. The zero-order chi connectivity index (χ0) is 15.4. The number of methoxy groups -OCH3 is 1. The number of para-hydroxylation sites is 1. The number of ether oxygens (including phenoxy) is 1. The number of hydrogen-bond acceptors (Lipinski definition) is 6. The molecule has 0 unspecified atom stereocenters. The average molecular weight is 290 g/mol. The van der Waals surface area contributed by atoms with Crippen molar-refractivity contribution in [2.75, 3.05) is 25.6 Å². The van der Waals surface area contributed by atoms with E-state index in [2.05, 4.69) is 10.1 Å². The molecular weight excluding hydrogens is 276 g/mol. The van der Waals surface area contributed by atoms with E-state index in [1.165, 1.54) is 7.11 Å². The third-order valence-corrected chi connectivity index (χ3v) is 2.93. The number of nitrogens with one attached hydrogen (secondary N) is 1. The SMILES string of the molecule is COC(=O)c1ccccc1NC1=CC(=O)N(CCO)C1=O. The molecule has 0 saturated heterocycles. The topological polar surface area (TPSA) is 95.9 Å². The highest BCUT2D eigenvalue weighted by atomic mass is 16.5. The van der Waals surface area contributed by atoms with Crippen molar-refractivity contribution < 1.29 is 24.2 Å². The Bertz CT molecular complexity index is 624. The van der Waals surface area contributed by atoms with E-state index in [4.69, 9.17) is 5.11 Å². The van der Waals surface area contributed by atoms with Crippen LogP contribution in [0.2, 0.25) is 0 Å². The number of benzene rings is 1. The third kappa shape index (κ3) is 2.92. The Morgan fingerprint density at radius 1 is 1.33 bits per heavy atom. The van der Waals surface area contributed by atoms with E-state index in [1.54, 1.807) is 24.3 Å². The van der Waals surface area contributed by atoms with Gasteiger partial charge in [0.05, 0.1) is 31.5 Å². The standard InChI is InChI=1S/C14H14N2O5/c1-21-14(20)9-4-2-3-5-10(9)15-11-8-12(18)16(6-7-17)13(11)19/h2-5,8,15,17H,6-7H2,1H3. The first-order valence-corrected chi connectivity index (χ1v) is 6.21. The summed E-state index contributed by atoms with van der Waals surface area (Å²) in [6.45, 7) is -0.380. The summed E-state index contributed by atoms with van der Waals surface area (Å²) < 4.78 is 4.66. The van der Waals surface area contributed by atoms with Gasteiger partial charge in [0.1, 0.15) is 5.70 Å². The van der Waals surface area contributed by atoms with E-state index in [-0.39, 0.29) is 24.4 Å². The molecular formula is C14H14N2O5. The van der Waals surface area contributed by atoms with Crippen LogP contribution in [0.15, 0.2) is 36.0 Å². The van der Waals surface area contributed by atoms with E-state index in [0.29, 0.717) is 5.69 Å². The van der Waals surface area contributed by atoms with E-state index in [0.717, 1.165) is 11.0 Å². The smallest absolute Gasteiger partial charge is 0.339 e. The molecule has 0 fully saturated rings. The lowest BCUT2D eigenvalue weighted by atomic mass is 10.1. The summed E-state index contributed by atoms with van der Waals surface area (Å²) in [5.74, 6) is -1.61. The maximum Gasteiger partial charge on any atom is 0.339 e. The fraction of sp³-hybridized carbons (Fsp3) is 0.214. The molecule has 0 atom stereocenters. The third-order valence-electron chi connectivity index (χ3n) is 2.93. The molecule has 1 aliphatic heterocycles. The molecule has 0 aromatic heterocycles. The highest BCUT2D eigenvalue weighted by molar-refractivity contribution is 6.17. The molecule has 7 heteroatoms. The van der Waals surface area contributed by atoms with Crippen molar-refractivity contribution in [3.63, 3.8) is 0 Å². The van der Waals surface area contributed by atoms with Gasteiger partial charge in [0.15, 0.2) is 0 Å². The van der Waals surface area contributed by atoms with Gasteiger partial charge in [-0.25, -0.2) is 4.79 Å². The molecule has 2 N–H and O–H groups in total. The summed E-state index contributed by atoms with van der Waals surface area (Å²) in [7, 11) is 1.26. The van der Waals surface area contributed by atoms with Gasteiger partial charge in [-0.2, -0.15) is 0 Å². The number of rotatable bonds is 5. The highest BCUT2D eigenvalue weighted by Gasteiger charge is 2.31. The monoisotopic (exact) mass is 290 g/mol. The first kappa shape index (κ1) is 14.7. The first-order chi connectivity index (χ1) is 10.1. The quantitative estimate of drug-likeness (QED) is 0.591. The Morgan fingerprint density at radius 3 is 2.71 bits per heavy atom. The number of carbonyl (C=O) groups is 3. The number of aliphatic hydroxyl groups excluding tert-OH is 1. The lowest BCUT2D eigenvalue weighted by Crippen LogP contribution is -2.34. The zero-order valence-corrected chi connectivity index (χ0v) is 11.3. The molecule has 0 aliphatic carbocycles. The fourth-order valence-electron chi connectivity index (χ4n) is 1.94. The van der Waals surface area contributed by atoms with Gasteiger partial charge in [-0.05, 0) is 12.1 Å². The van der Waals surface area contributed by atoms with Gasteiger partial charge in [0.2, 0.25) is 0 Å². The van der Waals surface area contributed by atoms with Crippen LogP contribution in [0, 0.1) is 0 Å². The predicted molar refractivity (Wildman–Crippen MR) is 73.3 cm³/mol. The largest absolute Gasteiger partial charge is 0.465 e. The van der Waals surface area contributed by atoms with E-state index >= 15 is 0 Å². The van der Waals surface area contributed by atoms with E-state index in [9.17, 15) is 14.4 Å². The number of β-amino-alcohol motifs (C(OH)–C–C–N with tert-alkyl or cyclic N) is 1. The minimum absolute atomic E-state index is 0.0461. The summed E-state index contributed by atoms with van der Waals surface area (Å²) in [4.78, 5) is 36.2.